The molecule has 17 heavy (non-hydrogen) atoms. The zero-order valence-corrected chi connectivity index (χ0v) is 10.5. The van der Waals surface area contributed by atoms with E-state index in [0.29, 0.717) is 0 Å². The van der Waals surface area contributed by atoms with Crippen LogP contribution >= 0.6 is 11.6 Å². The van der Waals surface area contributed by atoms with Gasteiger partial charge in [0.2, 0.25) is 0 Å². The molecule has 1 aliphatic heterocycles. The highest BCUT2D eigenvalue weighted by atomic mass is 35.5. The van der Waals surface area contributed by atoms with Crippen molar-refractivity contribution < 1.29 is 0 Å². The molecule has 0 saturated carbocycles. The molecule has 0 radical (unpaired) electrons. The molecular formula is C14H15ClN2. The van der Waals surface area contributed by atoms with Gasteiger partial charge < -0.3 is 4.90 Å². The van der Waals surface area contributed by atoms with E-state index in [9.17, 15) is 0 Å². The first-order valence-corrected chi connectivity index (χ1v) is 6.52. The first-order chi connectivity index (χ1) is 8.36. The van der Waals surface area contributed by atoms with Crippen molar-refractivity contribution in [3.63, 3.8) is 0 Å². The number of pyridine rings is 1. The van der Waals surface area contributed by atoms with E-state index in [1.165, 1.54) is 24.9 Å². The summed E-state index contributed by atoms with van der Waals surface area (Å²) in [6, 6.07) is 8.06. The third kappa shape index (κ3) is 1.98. The molecule has 2 heterocycles. The van der Waals surface area contributed by atoms with Crippen LogP contribution in [0.1, 0.15) is 19.3 Å². The van der Waals surface area contributed by atoms with Gasteiger partial charge in [-0.05, 0) is 43.5 Å². The average Bonchev–Trinajstić information content (AvgIpc) is 2.41. The molecule has 0 N–H and O–H groups in total. The van der Waals surface area contributed by atoms with E-state index in [1.54, 1.807) is 0 Å². The molecule has 2 aromatic rings. The molecule has 1 aromatic carbocycles. The molecule has 0 aliphatic carbocycles. The normalized spacial score (nSPS) is 16.4. The van der Waals surface area contributed by atoms with Gasteiger partial charge in [-0.3, -0.25) is 4.98 Å². The Bertz CT molecular complexity index is 533. The van der Waals surface area contributed by atoms with Crippen LogP contribution in [0.5, 0.6) is 0 Å². The predicted molar refractivity (Wildman–Crippen MR) is 72.8 cm³/mol. The lowest BCUT2D eigenvalue weighted by atomic mass is 10.1. The fraction of sp³-hybridized carbons (Fsp3) is 0.357. The van der Waals surface area contributed by atoms with Crippen molar-refractivity contribution in [3.8, 4) is 0 Å². The molecule has 3 heteroatoms. The minimum Gasteiger partial charge on any atom is -0.370 e. The van der Waals surface area contributed by atoms with Crippen molar-refractivity contribution in [1.82, 2.24) is 4.98 Å². The van der Waals surface area contributed by atoms with E-state index in [1.807, 2.05) is 24.4 Å². The van der Waals surface area contributed by atoms with Gasteiger partial charge in [-0.2, -0.15) is 0 Å². The number of fused-ring (bicyclic) bond motifs is 1. The van der Waals surface area contributed by atoms with Crippen LogP contribution in [0.3, 0.4) is 0 Å². The van der Waals surface area contributed by atoms with Gasteiger partial charge in [-0.25, -0.2) is 0 Å². The van der Waals surface area contributed by atoms with Crippen LogP contribution in [0, 0.1) is 0 Å². The summed E-state index contributed by atoms with van der Waals surface area (Å²) < 4.78 is 0. The maximum absolute atomic E-state index is 6.21. The summed E-state index contributed by atoms with van der Waals surface area (Å²) in [4.78, 5) is 6.92. The van der Waals surface area contributed by atoms with Crippen molar-refractivity contribution in [3.05, 3.63) is 35.5 Å². The molecule has 0 bridgehead atoms. The standard InChI is InChI=1S/C14H15ClN2/c15-12-6-7-13(17-9-2-1-3-10-17)14-11(12)5-4-8-16-14/h4-8H,1-3,9-10H2. The van der Waals surface area contributed by atoms with Crippen LogP contribution < -0.4 is 4.90 Å². The van der Waals surface area contributed by atoms with Crippen LogP contribution in [0.25, 0.3) is 10.9 Å². The number of hydrogen-bond acceptors (Lipinski definition) is 2. The van der Waals surface area contributed by atoms with Crippen LogP contribution in [0.15, 0.2) is 30.5 Å². The molecule has 1 fully saturated rings. The predicted octanol–water partition coefficient (Wildman–Crippen LogP) is 3.88. The van der Waals surface area contributed by atoms with Crippen molar-refractivity contribution in [2.45, 2.75) is 19.3 Å². The minimum atomic E-state index is 0.786. The number of rotatable bonds is 1. The molecule has 0 atom stereocenters. The molecule has 2 nitrogen and oxygen atoms in total. The Morgan fingerprint density at radius 1 is 1.06 bits per heavy atom. The Balaban J connectivity index is 2.12. The maximum Gasteiger partial charge on any atom is 0.0950 e. The Morgan fingerprint density at radius 3 is 2.71 bits per heavy atom. The van der Waals surface area contributed by atoms with E-state index in [0.717, 1.165) is 29.0 Å². The SMILES string of the molecule is Clc1ccc(N2CCCCC2)c2ncccc12. The van der Waals surface area contributed by atoms with Crippen LogP contribution in [-0.2, 0) is 0 Å². The smallest absolute Gasteiger partial charge is 0.0950 e. The molecule has 1 saturated heterocycles. The molecule has 1 aromatic heterocycles. The van der Waals surface area contributed by atoms with Crippen molar-refractivity contribution in [1.29, 1.82) is 0 Å². The lowest BCUT2D eigenvalue weighted by molar-refractivity contribution is 0.579. The Hall–Kier alpha value is -1.28. The molecule has 3 rings (SSSR count). The third-order valence-electron chi connectivity index (χ3n) is 3.39. The zero-order chi connectivity index (χ0) is 11.7. The highest BCUT2D eigenvalue weighted by molar-refractivity contribution is 6.35. The summed E-state index contributed by atoms with van der Waals surface area (Å²) in [5.74, 6) is 0. The second-order valence-electron chi connectivity index (χ2n) is 4.51. The summed E-state index contributed by atoms with van der Waals surface area (Å²) in [7, 11) is 0. The van der Waals surface area contributed by atoms with E-state index < -0.39 is 0 Å². The number of benzene rings is 1. The number of aromatic nitrogens is 1. The zero-order valence-electron chi connectivity index (χ0n) is 9.69. The van der Waals surface area contributed by atoms with Crippen molar-refractivity contribution >= 4 is 28.2 Å². The maximum atomic E-state index is 6.21. The summed E-state index contributed by atoms with van der Waals surface area (Å²) >= 11 is 6.21. The quantitative estimate of drug-likeness (QED) is 0.759. The van der Waals surface area contributed by atoms with Crippen molar-refractivity contribution in [2.24, 2.45) is 0 Å². The molecule has 0 amide bonds. The molecule has 0 unspecified atom stereocenters. The van der Waals surface area contributed by atoms with Gasteiger partial charge >= 0.3 is 0 Å². The van der Waals surface area contributed by atoms with Crippen molar-refractivity contribution in [2.75, 3.05) is 18.0 Å². The third-order valence-corrected chi connectivity index (χ3v) is 3.72. The fourth-order valence-electron chi connectivity index (χ4n) is 2.51. The number of hydrogen-bond donors (Lipinski definition) is 0. The van der Waals surface area contributed by atoms with Gasteiger partial charge in [0, 0.05) is 24.7 Å². The number of nitrogens with zero attached hydrogens (tertiary/aromatic N) is 2. The van der Waals surface area contributed by atoms with Gasteiger partial charge in [0.05, 0.1) is 16.2 Å². The molecule has 88 valence electrons. The van der Waals surface area contributed by atoms with E-state index in [-0.39, 0.29) is 0 Å². The largest absolute Gasteiger partial charge is 0.370 e. The van der Waals surface area contributed by atoms with Crippen LogP contribution in [-0.4, -0.2) is 18.1 Å². The lowest BCUT2D eigenvalue weighted by Gasteiger charge is -2.29. The summed E-state index contributed by atoms with van der Waals surface area (Å²) in [6.45, 7) is 2.26. The Kier molecular flexibility index (Phi) is 2.89. The second kappa shape index (κ2) is 4.53. The van der Waals surface area contributed by atoms with Gasteiger partial charge in [0.25, 0.3) is 0 Å². The number of anilines is 1. The first kappa shape index (κ1) is 10.8. The highest BCUT2D eigenvalue weighted by Crippen LogP contribution is 2.31. The summed E-state index contributed by atoms with van der Waals surface area (Å²) in [5.41, 5.74) is 2.26. The fourth-order valence-corrected chi connectivity index (χ4v) is 2.73. The Morgan fingerprint density at radius 2 is 1.88 bits per heavy atom. The minimum absolute atomic E-state index is 0.786. The number of halogens is 1. The van der Waals surface area contributed by atoms with Gasteiger partial charge in [-0.15, -0.1) is 0 Å². The molecular weight excluding hydrogens is 232 g/mol. The van der Waals surface area contributed by atoms with Gasteiger partial charge in [0.1, 0.15) is 0 Å². The summed E-state index contributed by atoms with van der Waals surface area (Å²) in [5, 5.41) is 1.84. The number of piperidine rings is 1. The van der Waals surface area contributed by atoms with Crippen LogP contribution in [0.4, 0.5) is 5.69 Å². The Labute approximate surface area is 106 Å². The van der Waals surface area contributed by atoms with Gasteiger partial charge in [0.15, 0.2) is 0 Å². The monoisotopic (exact) mass is 246 g/mol. The van der Waals surface area contributed by atoms with Crippen LogP contribution in [0.2, 0.25) is 5.02 Å². The molecule has 1 aliphatic rings. The topological polar surface area (TPSA) is 16.1 Å². The van der Waals surface area contributed by atoms with E-state index in [2.05, 4.69) is 16.0 Å². The first-order valence-electron chi connectivity index (χ1n) is 6.14. The summed E-state index contributed by atoms with van der Waals surface area (Å²) in [6.07, 6.45) is 5.73. The molecule has 0 spiro atoms. The lowest BCUT2D eigenvalue weighted by Crippen LogP contribution is -2.29. The van der Waals surface area contributed by atoms with E-state index in [4.69, 9.17) is 11.6 Å². The van der Waals surface area contributed by atoms with E-state index >= 15 is 0 Å². The van der Waals surface area contributed by atoms with Gasteiger partial charge in [-0.1, -0.05) is 11.6 Å². The average molecular weight is 247 g/mol. The second-order valence-corrected chi connectivity index (χ2v) is 4.92. The highest BCUT2D eigenvalue weighted by Gasteiger charge is 2.14.